The van der Waals surface area contributed by atoms with Crippen molar-refractivity contribution in [2.24, 2.45) is 0 Å². The second-order valence-electron chi connectivity index (χ2n) is 4.76. The Balaban J connectivity index is 2.46. The molecule has 2 rings (SSSR count). The van der Waals surface area contributed by atoms with Crippen molar-refractivity contribution in [3.63, 3.8) is 0 Å². The standard InChI is InChI=1S/C14H20ClN3O/c1-10-4-5-12-14(16-10)18(11(2)7-9-19-3)13(17-12)6-8-15/h4-5,11H,6-9H2,1-3H3. The van der Waals surface area contributed by atoms with Gasteiger partial charge in [0.25, 0.3) is 0 Å². The van der Waals surface area contributed by atoms with E-state index in [4.69, 9.17) is 16.3 Å². The lowest BCUT2D eigenvalue weighted by molar-refractivity contribution is 0.181. The second-order valence-corrected chi connectivity index (χ2v) is 5.14. The third kappa shape index (κ3) is 3.07. The van der Waals surface area contributed by atoms with Crippen LogP contribution in [0, 0.1) is 6.92 Å². The molecule has 0 spiro atoms. The number of fused-ring (bicyclic) bond motifs is 1. The van der Waals surface area contributed by atoms with E-state index >= 15 is 0 Å². The summed E-state index contributed by atoms with van der Waals surface area (Å²) in [5.74, 6) is 1.57. The summed E-state index contributed by atoms with van der Waals surface area (Å²) in [4.78, 5) is 9.27. The van der Waals surface area contributed by atoms with E-state index in [1.165, 1.54) is 0 Å². The van der Waals surface area contributed by atoms with Crippen LogP contribution in [0.1, 0.15) is 30.9 Å². The van der Waals surface area contributed by atoms with Crippen molar-refractivity contribution in [2.45, 2.75) is 32.7 Å². The molecular formula is C14H20ClN3O. The normalized spacial score (nSPS) is 13.1. The van der Waals surface area contributed by atoms with E-state index in [9.17, 15) is 0 Å². The molecule has 0 aliphatic heterocycles. The monoisotopic (exact) mass is 281 g/mol. The molecule has 0 saturated heterocycles. The first-order valence-corrected chi connectivity index (χ1v) is 7.10. The Morgan fingerprint density at radius 2 is 2.16 bits per heavy atom. The molecule has 104 valence electrons. The molecular weight excluding hydrogens is 262 g/mol. The minimum Gasteiger partial charge on any atom is -0.385 e. The van der Waals surface area contributed by atoms with Gasteiger partial charge < -0.3 is 9.30 Å². The predicted molar refractivity (Wildman–Crippen MR) is 77.9 cm³/mol. The van der Waals surface area contributed by atoms with Gasteiger partial charge in [-0.25, -0.2) is 9.97 Å². The minimum absolute atomic E-state index is 0.303. The lowest BCUT2D eigenvalue weighted by Gasteiger charge is -2.16. The SMILES string of the molecule is COCCC(C)n1c(CCCl)nc2ccc(C)nc21. The molecule has 1 unspecified atom stereocenters. The fourth-order valence-electron chi connectivity index (χ4n) is 2.26. The van der Waals surface area contributed by atoms with Crippen molar-refractivity contribution in [2.75, 3.05) is 19.6 Å². The molecule has 0 amide bonds. The maximum atomic E-state index is 5.88. The van der Waals surface area contributed by atoms with E-state index in [2.05, 4.69) is 21.5 Å². The molecule has 2 aromatic rings. The third-order valence-electron chi connectivity index (χ3n) is 3.25. The number of halogens is 1. The molecule has 0 N–H and O–H groups in total. The molecule has 5 heteroatoms. The lowest BCUT2D eigenvalue weighted by Crippen LogP contribution is -2.12. The molecule has 0 aliphatic carbocycles. The van der Waals surface area contributed by atoms with E-state index < -0.39 is 0 Å². The average molecular weight is 282 g/mol. The van der Waals surface area contributed by atoms with Crippen LogP contribution in [0.4, 0.5) is 0 Å². The molecule has 19 heavy (non-hydrogen) atoms. The maximum Gasteiger partial charge on any atom is 0.160 e. The van der Waals surface area contributed by atoms with Crippen molar-refractivity contribution in [3.8, 4) is 0 Å². The Hall–Kier alpha value is -1.13. The summed E-state index contributed by atoms with van der Waals surface area (Å²) in [6, 6.07) is 4.32. The number of rotatable bonds is 6. The van der Waals surface area contributed by atoms with Crippen molar-refractivity contribution in [3.05, 3.63) is 23.7 Å². The summed E-state index contributed by atoms with van der Waals surface area (Å²) < 4.78 is 7.36. The highest BCUT2D eigenvalue weighted by Gasteiger charge is 2.16. The zero-order chi connectivity index (χ0) is 13.8. The van der Waals surface area contributed by atoms with E-state index in [-0.39, 0.29) is 0 Å². The minimum atomic E-state index is 0.303. The Morgan fingerprint density at radius 3 is 2.84 bits per heavy atom. The number of ether oxygens (including phenoxy) is 1. The number of nitrogens with zero attached hydrogens (tertiary/aromatic N) is 3. The van der Waals surface area contributed by atoms with Crippen LogP contribution in [0.5, 0.6) is 0 Å². The number of hydrogen-bond donors (Lipinski definition) is 0. The highest BCUT2D eigenvalue weighted by Crippen LogP contribution is 2.22. The molecule has 0 radical (unpaired) electrons. The van der Waals surface area contributed by atoms with Gasteiger partial charge >= 0.3 is 0 Å². The smallest absolute Gasteiger partial charge is 0.160 e. The highest BCUT2D eigenvalue weighted by atomic mass is 35.5. The number of aryl methyl sites for hydroxylation is 2. The fraction of sp³-hybridized carbons (Fsp3) is 0.571. The van der Waals surface area contributed by atoms with Gasteiger partial charge in [0.2, 0.25) is 0 Å². The first kappa shape index (κ1) is 14.3. The number of imidazole rings is 1. The summed E-state index contributed by atoms with van der Waals surface area (Å²) in [7, 11) is 1.72. The summed E-state index contributed by atoms with van der Waals surface area (Å²) >= 11 is 5.88. The molecule has 0 fully saturated rings. The Bertz CT molecular complexity index is 553. The summed E-state index contributed by atoms with van der Waals surface area (Å²) in [6.45, 7) is 4.90. The van der Waals surface area contributed by atoms with Crippen LogP contribution in [0.3, 0.4) is 0 Å². The topological polar surface area (TPSA) is 39.9 Å². The van der Waals surface area contributed by atoms with Gasteiger partial charge in [0, 0.05) is 37.8 Å². The molecule has 1 atom stereocenters. The number of alkyl halides is 1. The van der Waals surface area contributed by atoms with E-state index in [1.54, 1.807) is 7.11 Å². The van der Waals surface area contributed by atoms with Gasteiger partial charge in [-0.15, -0.1) is 11.6 Å². The zero-order valence-corrected chi connectivity index (χ0v) is 12.4. The molecule has 0 bridgehead atoms. The van der Waals surface area contributed by atoms with Crippen LogP contribution in [0.15, 0.2) is 12.1 Å². The molecule has 0 saturated carbocycles. The Labute approximate surface area is 118 Å². The largest absolute Gasteiger partial charge is 0.385 e. The molecule has 4 nitrogen and oxygen atoms in total. The van der Waals surface area contributed by atoms with Crippen molar-refractivity contribution < 1.29 is 4.74 Å². The average Bonchev–Trinajstić information content (AvgIpc) is 2.73. The molecule has 2 aromatic heterocycles. The van der Waals surface area contributed by atoms with Crippen LogP contribution in [-0.2, 0) is 11.2 Å². The summed E-state index contributed by atoms with van der Waals surface area (Å²) in [5, 5.41) is 0. The van der Waals surface area contributed by atoms with Crippen LogP contribution >= 0.6 is 11.6 Å². The van der Waals surface area contributed by atoms with Gasteiger partial charge in [0.05, 0.1) is 0 Å². The van der Waals surface area contributed by atoms with Crippen LogP contribution in [0.2, 0.25) is 0 Å². The van der Waals surface area contributed by atoms with Crippen molar-refractivity contribution in [1.29, 1.82) is 0 Å². The maximum absolute atomic E-state index is 5.88. The zero-order valence-electron chi connectivity index (χ0n) is 11.7. The predicted octanol–water partition coefficient (Wildman–Crippen LogP) is 3.12. The molecule has 0 aliphatic rings. The Morgan fingerprint density at radius 1 is 1.37 bits per heavy atom. The van der Waals surface area contributed by atoms with E-state index in [0.717, 1.165) is 42.1 Å². The first-order chi connectivity index (χ1) is 9.17. The van der Waals surface area contributed by atoms with E-state index in [0.29, 0.717) is 11.9 Å². The fourth-order valence-corrected chi connectivity index (χ4v) is 2.43. The summed E-state index contributed by atoms with van der Waals surface area (Å²) in [6.07, 6.45) is 1.70. The quantitative estimate of drug-likeness (QED) is 0.764. The van der Waals surface area contributed by atoms with Crippen LogP contribution in [-0.4, -0.2) is 34.1 Å². The molecule has 0 aromatic carbocycles. The van der Waals surface area contributed by atoms with Crippen LogP contribution in [0.25, 0.3) is 11.2 Å². The van der Waals surface area contributed by atoms with Crippen molar-refractivity contribution >= 4 is 22.8 Å². The first-order valence-electron chi connectivity index (χ1n) is 6.56. The third-order valence-corrected chi connectivity index (χ3v) is 3.44. The Kier molecular flexibility index (Phi) is 4.77. The van der Waals surface area contributed by atoms with Gasteiger partial charge in [0.1, 0.15) is 11.3 Å². The van der Waals surface area contributed by atoms with Gasteiger partial charge in [-0.3, -0.25) is 0 Å². The van der Waals surface area contributed by atoms with E-state index in [1.807, 2.05) is 19.1 Å². The molecule has 2 heterocycles. The van der Waals surface area contributed by atoms with Crippen LogP contribution < -0.4 is 0 Å². The van der Waals surface area contributed by atoms with Gasteiger partial charge in [0.15, 0.2) is 5.65 Å². The summed E-state index contributed by atoms with van der Waals surface area (Å²) in [5.41, 5.74) is 2.89. The van der Waals surface area contributed by atoms with Gasteiger partial charge in [-0.05, 0) is 32.4 Å². The number of aromatic nitrogens is 3. The number of hydrogen-bond acceptors (Lipinski definition) is 3. The number of pyridine rings is 1. The van der Waals surface area contributed by atoms with Gasteiger partial charge in [-0.2, -0.15) is 0 Å². The van der Waals surface area contributed by atoms with Crippen molar-refractivity contribution in [1.82, 2.24) is 14.5 Å². The second kappa shape index (κ2) is 6.35. The lowest BCUT2D eigenvalue weighted by atomic mass is 10.2. The number of methoxy groups -OCH3 is 1. The highest BCUT2D eigenvalue weighted by molar-refractivity contribution is 6.17. The van der Waals surface area contributed by atoms with Gasteiger partial charge in [-0.1, -0.05) is 0 Å².